The minimum atomic E-state index is -2.82. The largest absolute Gasteiger partial charge is 0.347 e. The normalized spacial score (nSPS) is 17.1. The summed E-state index contributed by atoms with van der Waals surface area (Å²) in [4.78, 5) is 53.1. The molecule has 1 aromatic heterocycles. The van der Waals surface area contributed by atoms with Crippen molar-refractivity contribution in [3.05, 3.63) is 52.5 Å². The maximum absolute atomic E-state index is 12.9. The highest BCUT2D eigenvalue weighted by atomic mass is 32.1. The number of halogens is 2. The summed E-state index contributed by atoms with van der Waals surface area (Å²) < 4.78 is 25.8. The molecule has 0 aliphatic heterocycles. The zero-order chi connectivity index (χ0) is 23.1. The van der Waals surface area contributed by atoms with E-state index in [4.69, 9.17) is 0 Å². The molecule has 0 radical (unpaired) electrons. The molecule has 2 atom stereocenters. The van der Waals surface area contributed by atoms with Crippen molar-refractivity contribution in [2.45, 2.75) is 37.8 Å². The van der Waals surface area contributed by atoms with Crippen LogP contribution in [0.2, 0.25) is 0 Å². The first kappa shape index (κ1) is 23.5. The van der Waals surface area contributed by atoms with E-state index in [2.05, 4.69) is 20.9 Å². The van der Waals surface area contributed by atoms with Gasteiger partial charge in [0.15, 0.2) is 0 Å². The van der Waals surface area contributed by atoms with Crippen LogP contribution in [0.4, 0.5) is 8.78 Å². The highest BCUT2D eigenvalue weighted by Gasteiger charge is 2.57. The second-order valence-electron chi connectivity index (χ2n) is 7.43. The van der Waals surface area contributed by atoms with Gasteiger partial charge in [0.2, 0.25) is 17.6 Å². The Hall–Kier alpha value is -3.21. The van der Waals surface area contributed by atoms with E-state index in [1.165, 1.54) is 11.3 Å². The molecule has 0 bridgehead atoms. The van der Waals surface area contributed by atoms with Gasteiger partial charge in [-0.1, -0.05) is 30.3 Å². The maximum atomic E-state index is 12.9. The van der Waals surface area contributed by atoms with Crippen LogP contribution in [0, 0.1) is 5.92 Å². The molecule has 1 aromatic carbocycles. The second kappa shape index (κ2) is 10.4. The van der Waals surface area contributed by atoms with Gasteiger partial charge in [0, 0.05) is 36.8 Å². The SMILES string of the molecule is O=C(CC1CC1(F)F)NCC(=O)N[C@H](Cc1ccccc1)C(=O)C(=O)NCc1nccs1. The molecule has 32 heavy (non-hydrogen) atoms. The van der Waals surface area contributed by atoms with Gasteiger partial charge >= 0.3 is 0 Å². The summed E-state index contributed by atoms with van der Waals surface area (Å²) in [7, 11) is 0. The van der Waals surface area contributed by atoms with Crippen molar-refractivity contribution in [3.8, 4) is 0 Å². The standard InChI is InChI=1S/C21H22F2N4O4S/c22-21(23)10-14(21)9-16(28)25-11-17(29)27-15(8-13-4-2-1-3-5-13)19(30)20(31)26-12-18-24-6-7-32-18/h1-7,14-15H,8-12H2,(H,25,28)(H,26,31)(H,27,29)/t14?,15-/m1/s1. The molecule has 3 N–H and O–H groups in total. The number of thiazole rings is 1. The van der Waals surface area contributed by atoms with Crippen LogP contribution < -0.4 is 16.0 Å². The van der Waals surface area contributed by atoms with Crippen LogP contribution in [-0.2, 0) is 32.1 Å². The van der Waals surface area contributed by atoms with Gasteiger partial charge in [-0.25, -0.2) is 13.8 Å². The predicted octanol–water partition coefficient (Wildman–Crippen LogP) is 1.22. The Labute approximate surface area is 186 Å². The number of hydrogen-bond donors (Lipinski definition) is 3. The van der Waals surface area contributed by atoms with E-state index in [0.29, 0.717) is 5.01 Å². The Morgan fingerprint density at radius 2 is 1.84 bits per heavy atom. The number of nitrogens with one attached hydrogen (secondary N) is 3. The zero-order valence-corrected chi connectivity index (χ0v) is 17.8. The lowest BCUT2D eigenvalue weighted by Crippen LogP contribution is -2.50. The molecule has 1 heterocycles. The van der Waals surface area contributed by atoms with Crippen LogP contribution in [-0.4, -0.2) is 47.0 Å². The molecule has 0 spiro atoms. The van der Waals surface area contributed by atoms with E-state index in [1.807, 2.05) is 0 Å². The predicted molar refractivity (Wildman–Crippen MR) is 112 cm³/mol. The fourth-order valence-electron chi connectivity index (χ4n) is 3.01. The fraction of sp³-hybridized carbons (Fsp3) is 0.381. The number of carbonyl (C=O) groups excluding carboxylic acids is 4. The number of nitrogens with zero attached hydrogens (tertiary/aromatic N) is 1. The maximum Gasteiger partial charge on any atom is 0.289 e. The van der Waals surface area contributed by atoms with E-state index >= 15 is 0 Å². The van der Waals surface area contributed by atoms with Crippen molar-refractivity contribution in [2.24, 2.45) is 5.92 Å². The average Bonchev–Trinajstić information content (AvgIpc) is 3.14. The topological polar surface area (TPSA) is 117 Å². The van der Waals surface area contributed by atoms with Crippen molar-refractivity contribution in [1.82, 2.24) is 20.9 Å². The number of hydrogen-bond acceptors (Lipinski definition) is 6. The van der Waals surface area contributed by atoms with Gasteiger partial charge in [-0.3, -0.25) is 19.2 Å². The van der Waals surface area contributed by atoms with Crippen molar-refractivity contribution in [2.75, 3.05) is 6.54 Å². The number of benzene rings is 1. The van der Waals surface area contributed by atoms with Crippen LogP contribution in [0.5, 0.6) is 0 Å². The third-order valence-corrected chi connectivity index (χ3v) is 5.66. The van der Waals surface area contributed by atoms with Gasteiger partial charge in [0.25, 0.3) is 11.8 Å². The molecule has 0 saturated heterocycles. The number of aromatic nitrogens is 1. The van der Waals surface area contributed by atoms with Gasteiger partial charge in [0.1, 0.15) is 11.0 Å². The molecule has 1 saturated carbocycles. The number of carbonyl (C=O) groups is 4. The first-order valence-electron chi connectivity index (χ1n) is 9.93. The lowest BCUT2D eigenvalue weighted by molar-refractivity contribution is -0.140. The Bertz CT molecular complexity index is 969. The summed E-state index contributed by atoms with van der Waals surface area (Å²) in [6.07, 6.45) is 0.936. The van der Waals surface area contributed by atoms with Crippen molar-refractivity contribution >= 4 is 34.8 Å². The second-order valence-corrected chi connectivity index (χ2v) is 8.40. The summed E-state index contributed by atoms with van der Waals surface area (Å²) in [5.74, 6) is -6.92. The molecular formula is C21H22F2N4O4S. The molecule has 1 fully saturated rings. The summed E-state index contributed by atoms with van der Waals surface area (Å²) in [5, 5.41) is 9.56. The number of Topliss-reactive ketones (excluding diaryl/α,β-unsaturated/α-hetero) is 1. The smallest absolute Gasteiger partial charge is 0.289 e. The highest BCUT2D eigenvalue weighted by Crippen LogP contribution is 2.50. The monoisotopic (exact) mass is 464 g/mol. The van der Waals surface area contributed by atoms with Crippen LogP contribution in [0.1, 0.15) is 23.4 Å². The summed E-state index contributed by atoms with van der Waals surface area (Å²) in [6, 6.07) is 7.64. The first-order valence-corrected chi connectivity index (χ1v) is 10.8. The Balaban J connectivity index is 1.55. The van der Waals surface area contributed by atoms with Gasteiger partial charge in [0.05, 0.1) is 13.1 Å². The van der Waals surface area contributed by atoms with Crippen LogP contribution in [0.15, 0.2) is 41.9 Å². The number of alkyl halides is 2. The third kappa shape index (κ3) is 6.91. The minimum absolute atomic E-state index is 0.0678. The van der Waals surface area contributed by atoms with Gasteiger partial charge in [-0.15, -0.1) is 11.3 Å². The van der Waals surface area contributed by atoms with Gasteiger partial charge in [-0.05, 0) is 5.56 Å². The van der Waals surface area contributed by atoms with Crippen LogP contribution in [0.3, 0.4) is 0 Å². The molecule has 8 nitrogen and oxygen atoms in total. The minimum Gasteiger partial charge on any atom is -0.347 e. The zero-order valence-electron chi connectivity index (χ0n) is 17.0. The molecule has 1 aliphatic carbocycles. The molecule has 2 aromatic rings. The van der Waals surface area contributed by atoms with Gasteiger partial charge < -0.3 is 16.0 Å². The van der Waals surface area contributed by atoms with E-state index in [1.54, 1.807) is 41.9 Å². The first-order chi connectivity index (χ1) is 15.2. The van der Waals surface area contributed by atoms with Crippen molar-refractivity contribution in [3.63, 3.8) is 0 Å². The molecule has 3 amide bonds. The third-order valence-electron chi connectivity index (χ3n) is 4.88. The number of rotatable bonds is 11. The fourth-order valence-corrected chi connectivity index (χ4v) is 3.57. The van der Waals surface area contributed by atoms with Crippen molar-refractivity contribution < 1.29 is 28.0 Å². The van der Waals surface area contributed by atoms with Gasteiger partial charge in [-0.2, -0.15) is 0 Å². The molecule has 170 valence electrons. The van der Waals surface area contributed by atoms with E-state index < -0.39 is 47.9 Å². The molecule has 1 unspecified atom stereocenters. The molecule has 1 aliphatic rings. The van der Waals surface area contributed by atoms with Crippen molar-refractivity contribution in [1.29, 1.82) is 0 Å². The highest BCUT2D eigenvalue weighted by molar-refractivity contribution is 7.09. The quantitative estimate of drug-likeness (QED) is 0.433. The number of ketones is 1. The lowest BCUT2D eigenvalue weighted by atomic mass is 10.0. The van der Waals surface area contributed by atoms with E-state index in [-0.39, 0.29) is 25.8 Å². The number of amides is 3. The molecule has 11 heteroatoms. The van der Waals surface area contributed by atoms with E-state index in [0.717, 1.165) is 5.56 Å². The summed E-state index contributed by atoms with van der Waals surface area (Å²) >= 11 is 1.32. The summed E-state index contributed by atoms with van der Waals surface area (Å²) in [5.41, 5.74) is 0.721. The van der Waals surface area contributed by atoms with E-state index in [9.17, 15) is 28.0 Å². The molecule has 3 rings (SSSR count). The lowest BCUT2D eigenvalue weighted by Gasteiger charge is -2.18. The Morgan fingerprint density at radius 3 is 2.47 bits per heavy atom. The molecular weight excluding hydrogens is 442 g/mol. The Kier molecular flexibility index (Phi) is 7.62. The average molecular weight is 464 g/mol. The summed E-state index contributed by atoms with van der Waals surface area (Å²) in [6.45, 7) is -0.410. The van der Waals surface area contributed by atoms with Crippen LogP contribution >= 0.6 is 11.3 Å². The Morgan fingerprint density at radius 1 is 1.12 bits per heavy atom. The van der Waals surface area contributed by atoms with Crippen LogP contribution in [0.25, 0.3) is 0 Å².